The van der Waals surface area contributed by atoms with Crippen molar-refractivity contribution in [2.24, 2.45) is 0 Å². The zero-order chi connectivity index (χ0) is 16.4. The molecular weight excluding hydrogens is 343 g/mol. The first kappa shape index (κ1) is 15.5. The average Bonchev–Trinajstić information content (AvgIpc) is 2.97. The van der Waals surface area contributed by atoms with Crippen molar-refractivity contribution in [3.8, 4) is 11.5 Å². The summed E-state index contributed by atoms with van der Waals surface area (Å²) in [5, 5.41) is 5.38. The van der Waals surface area contributed by atoms with Gasteiger partial charge in [0.25, 0.3) is 5.91 Å². The minimum atomic E-state index is -0.711. The molecule has 8 heteroatoms. The highest BCUT2D eigenvalue weighted by Gasteiger charge is 2.17. The molecule has 0 saturated heterocycles. The first-order valence-corrected chi connectivity index (χ1v) is 7.25. The van der Waals surface area contributed by atoms with Crippen LogP contribution in [0.25, 0.3) is 0 Å². The lowest BCUT2D eigenvalue weighted by atomic mass is 10.2. The van der Waals surface area contributed by atoms with Crippen LogP contribution in [0, 0.1) is 0 Å². The third-order valence-corrected chi connectivity index (χ3v) is 3.59. The third kappa shape index (κ3) is 3.49. The molecule has 1 aliphatic rings. The molecule has 2 aromatic rings. The lowest BCUT2D eigenvalue weighted by Crippen LogP contribution is -2.34. The maximum Gasteiger partial charge on any atom is 0.326 e. The molecule has 2 N–H and O–H groups in total. The second kappa shape index (κ2) is 6.36. The van der Waals surface area contributed by atoms with E-state index in [9.17, 15) is 9.59 Å². The fourth-order valence-corrected chi connectivity index (χ4v) is 2.41. The number of imide groups is 1. The van der Waals surface area contributed by atoms with Gasteiger partial charge in [0.15, 0.2) is 11.5 Å². The van der Waals surface area contributed by atoms with E-state index < -0.39 is 11.9 Å². The van der Waals surface area contributed by atoms with E-state index in [-0.39, 0.29) is 17.4 Å². The zero-order valence-electron chi connectivity index (χ0n) is 11.6. The summed E-state index contributed by atoms with van der Waals surface area (Å²) < 4.78 is 10.3. The van der Waals surface area contributed by atoms with E-state index >= 15 is 0 Å². The molecule has 0 bridgehead atoms. The molecule has 23 heavy (non-hydrogen) atoms. The number of anilines is 1. The molecule has 0 fully saturated rings. The third-order valence-electron chi connectivity index (χ3n) is 3.04. The number of halogens is 2. The van der Waals surface area contributed by atoms with Gasteiger partial charge in [-0.3, -0.25) is 10.1 Å². The average molecular weight is 353 g/mol. The molecule has 3 rings (SSSR count). The van der Waals surface area contributed by atoms with Gasteiger partial charge in [-0.15, -0.1) is 0 Å². The van der Waals surface area contributed by atoms with Crippen molar-refractivity contribution in [1.82, 2.24) is 5.32 Å². The summed E-state index contributed by atoms with van der Waals surface area (Å²) in [6.45, 7) is 0.107. The molecule has 6 nitrogen and oxygen atoms in total. The Bertz CT molecular complexity index is 795. The van der Waals surface area contributed by atoms with Crippen LogP contribution in [-0.4, -0.2) is 18.7 Å². The van der Waals surface area contributed by atoms with Gasteiger partial charge < -0.3 is 14.8 Å². The fraction of sp³-hybridized carbons (Fsp3) is 0.0667. The summed E-state index contributed by atoms with van der Waals surface area (Å²) in [6, 6.07) is 8.52. The van der Waals surface area contributed by atoms with E-state index in [4.69, 9.17) is 32.7 Å². The Kier molecular flexibility index (Phi) is 4.27. The molecule has 0 saturated carbocycles. The number of nitrogens with one attached hydrogen (secondary N) is 2. The maximum absolute atomic E-state index is 12.1. The number of hydrogen-bond donors (Lipinski definition) is 2. The monoisotopic (exact) mass is 352 g/mol. The van der Waals surface area contributed by atoms with Crippen LogP contribution in [0.2, 0.25) is 10.0 Å². The molecule has 1 heterocycles. The molecular formula is C15H10Cl2N2O4. The van der Waals surface area contributed by atoms with E-state index in [2.05, 4.69) is 10.6 Å². The van der Waals surface area contributed by atoms with Crippen LogP contribution in [0.1, 0.15) is 10.4 Å². The first-order valence-electron chi connectivity index (χ1n) is 6.50. The Morgan fingerprint density at radius 1 is 1.00 bits per heavy atom. The highest BCUT2D eigenvalue weighted by atomic mass is 35.5. The number of amides is 3. The van der Waals surface area contributed by atoms with Crippen LogP contribution < -0.4 is 20.1 Å². The van der Waals surface area contributed by atoms with E-state index in [1.54, 1.807) is 12.1 Å². The summed E-state index contributed by atoms with van der Waals surface area (Å²) >= 11 is 11.7. The van der Waals surface area contributed by atoms with Gasteiger partial charge in [0.2, 0.25) is 6.79 Å². The van der Waals surface area contributed by atoms with Crippen molar-refractivity contribution in [3.05, 3.63) is 52.0 Å². The van der Waals surface area contributed by atoms with E-state index in [1.807, 2.05) is 0 Å². The Labute approximate surface area is 141 Å². The molecule has 0 aromatic heterocycles. The van der Waals surface area contributed by atoms with E-state index in [1.165, 1.54) is 24.3 Å². The number of hydrogen-bond acceptors (Lipinski definition) is 4. The Morgan fingerprint density at radius 2 is 1.78 bits per heavy atom. The molecule has 2 aromatic carbocycles. The molecule has 0 atom stereocenters. The van der Waals surface area contributed by atoms with Crippen LogP contribution in [0.3, 0.4) is 0 Å². The highest BCUT2D eigenvalue weighted by molar-refractivity contribution is 6.36. The van der Waals surface area contributed by atoms with Crippen molar-refractivity contribution in [1.29, 1.82) is 0 Å². The predicted octanol–water partition coefficient (Wildman–Crippen LogP) is 3.68. The summed E-state index contributed by atoms with van der Waals surface area (Å²) in [7, 11) is 0. The Balaban J connectivity index is 1.66. The topological polar surface area (TPSA) is 76.7 Å². The van der Waals surface area contributed by atoms with Crippen LogP contribution in [0.4, 0.5) is 10.5 Å². The van der Waals surface area contributed by atoms with Crippen molar-refractivity contribution in [2.75, 3.05) is 12.1 Å². The number of ether oxygens (including phenoxy) is 2. The van der Waals surface area contributed by atoms with Crippen molar-refractivity contribution < 1.29 is 19.1 Å². The number of benzene rings is 2. The molecule has 0 spiro atoms. The van der Waals surface area contributed by atoms with E-state index in [0.29, 0.717) is 22.2 Å². The lowest BCUT2D eigenvalue weighted by Gasteiger charge is -2.09. The summed E-state index contributed by atoms with van der Waals surface area (Å²) in [5.74, 6) is 0.434. The zero-order valence-corrected chi connectivity index (χ0v) is 13.1. The number of rotatable bonds is 2. The lowest BCUT2D eigenvalue weighted by molar-refractivity contribution is 0.0966. The number of carbonyl (C=O) groups is 2. The number of urea groups is 1. The van der Waals surface area contributed by atoms with Crippen molar-refractivity contribution >= 4 is 40.8 Å². The quantitative estimate of drug-likeness (QED) is 0.864. The predicted molar refractivity (Wildman–Crippen MR) is 85.5 cm³/mol. The van der Waals surface area contributed by atoms with Crippen LogP contribution in [-0.2, 0) is 0 Å². The minimum absolute atomic E-state index is 0.107. The van der Waals surface area contributed by atoms with E-state index in [0.717, 1.165) is 0 Å². The SMILES string of the molecule is O=C(NC(=O)c1ccc2c(c1)OCO2)Nc1ccc(Cl)cc1Cl. The molecule has 0 aliphatic carbocycles. The van der Waals surface area contributed by atoms with Gasteiger partial charge in [-0.25, -0.2) is 4.79 Å². The molecule has 3 amide bonds. The van der Waals surface area contributed by atoms with Crippen LogP contribution >= 0.6 is 23.2 Å². The number of carbonyl (C=O) groups excluding carboxylic acids is 2. The second-order valence-electron chi connectivity index (χ2n) is 4.60. The van der Waals surface area contributed by atoms with Crippen molar-refractivity contribution in [2.45, 2.75) is 0 Å². The van der Waals surface area contributed by atoms with Gasteiger partial charge in [0.1, 0.15) is 0 Å². The minimum Gasteiger partial charge on any atom is -0.454 e. The van der Waals surface area contributed by atoms with Gasteiger partial charge in [0.05, 0.1) is 10.7 Å². The fourth-order valence-electron chi connectivity index (χ4n) is 1.96. The molecule has 118 valence electrons. The summed E-state index contributed by atoms with van der Waals surface area (Å²) in [6.07, 6.45) is 0. The smallest absolute Gasteiger partial charge is 0.326 e. The molecule has 1 aliphatic heterocycles. The summed E-state index contributed by atoms with van der Waals surface area (Å²) in [5.41, 5.74) is 0.610. The molecule has 0 unspecified atom stereocenters. The van der Waals surface area contributed by atoms with Crippen LogP contribution in [0.15, 0.2) is 36.4 Å². The van der Waals surface area contributed by atoms with Gasteiger partial charge in [-0.05, 0) is 36.4 Å². The first-order chi connectivity index (χ1) is 11.0. The van der Waals surface area contributed by atoms with Crippen LogP contribution in [0.5, 0.6) is 11.5 Å². The standard InChI is InChI=1S/C15H10Cl2N2O4/c16-9-2-3-11(10(17)6-9)18-15(21)19-14(20)8-1-4-12-13(5-8)23-7-22-12/h1-6H,7H2,(H2,18,19,20,21). The van der Waals surface area contributed by atoms with Gasteiger partial charge in [-0.1, -0.05) is 23.2 Å². The Morgan fingerprint density at radius 3 is 2.57 bits per heavy atom. The van der Waals surface area contributed by atoms with Gasteiger partial charge >= 0.3 is 6.03 Å². The summed E-state index contributed by atoms with van der Waals surface area (Å²) in [4.78, 5) is 23.9. The highest BCUT2D eigenvalue weighted by Crippen LogP contribution is 2.32. The molecule has 0 radical (unpaired) electrons. The normalized spacial score (nSPS) is 11.9. The second-order valence-corrected chi connectivity index (χ2v) is 5.44. The van der Waals surface area contributed by atoms with Crippen molar-refractivity contribution in [3.63, 3.8) is 0 Å². The van der Waals surface area contributed by atoms with Gasteiger partial charge in [-0.2, -0.15) is 0 Å². The number of fused-ring (bicyclic) bond motifs is 1. The Hall–Kier alpha value is -2.44. The van der Waals surface area contributed by atoms with Gasteiger partial charge in [0, 0.05) is 10.6 Å². The maximum atomic E-state index is 12.1. The largest absolute Gasteiger partial charge is 0.454 e.